The average molecular weight is 411 g/mol. The Morgan fingerprint density at radius 2 is 1.89 bits per heavy atom. The summed E-state index contributed by atoms with van der Waals surface area (Å²) >= 11 is 3.67. The number of carbonyl (C=O) groups excluding carboxylic acids is 1. The second kappa shape index (κ2) is 8.30. The highest BCUT2D eigenvalue weighted by Crippen LogP contribution is 2.46. The van der Waals surface area contributed by atoms with Crippen molar-refractivity contribution >= 4 is 39.8 Å². The Bertz CT molecular complexity index is 989. The van der Waals surface area contributed by atoms with Crippen molar-refractivity contribution in [3.63, 3.8) is 0 Å². The molecule has 146 valence electrons. The summed E-state index contributed by atoms with van der Waals surface area (Å²) in [5, 5.41) is 3.02. The molecule has 1 aromatic heterocycles. The van der Waals surface area contributed by atoms with E-state index in [0.717, 1.165) is 12.8 Å². The average Bonchev–Trinajstić information content (AvgIpc) is 3.13. The standard InChI is InChI=1S/C24H26O2S2/c1-4-26-24(25)20-11-12-22(20)28-23-14-13-21(27-23)19-10-9-16(15(2)3)17-7-5-6-8-18(17)19/h5-10,13-15,20,22H,4,11-12H2,1-3H3. The van der Waals surface area contributed by atoms with E-state index in [1.807, 2.05) is 30.0 Å². The number of thiophene rings is 1. The molecule has 0 aliphatic heterocycles. The lowest BCUT2D eigenvalue weighted by Crippen LogP contribution is -2.36. The predicted molar refractivity (Wildman–Crippen MR) is 120 cm³/mol. The van der Waals surface area contributed by atoms with E-state index in [4.69, 9.17) is 4.74 Å². The maximum Gasteiger partial charge on any atom is 0.310 e. The van der Waals surface area contributed by atoms with E-state index in [0.29, 0.717) is 17.8 Å². The van der Waals surface area contributed by atoms with Crippen molar-refractivity contribution in [2.24, 2.45) is 5.92 Å². The normalized spacial score (nSPS) is 19.0. The van der Waals surface area contributed by atoms with Gasteiger partial charge in [0.15, 0.2) is 0 Å². The van der Waals surface area contributed by atoms with Crippen LogP contribution in [-0.2, 0) is 9.53 Å². The lowest BCUT2D eigenvalue weighted by Gasteiger charge is -2.33. The predicted octanol–water partition coefficient (Wildman–Crippen LogP) is 7.13. The molecule has 4 rings (SSSR count). The molecule has 0 N–H and O–H groups in total. The Hall–Kier alpha value is -1.78. The monoisotopic (exact) mass is 410 g/mol. The first kappa shape index (κ1) is 19.5. The Kier molecular flexibility index (Phi) is 5.79. The van der Waals surface area contributed by atoms with E-state index in [-0.39, 0.29) is 11.9 Å². The number of thioether (sulfide) groups is 1. The maximum atomic E-state index is 12.1. The SMILES string of the molecule is CCOC(=O)C1CCC1Sc1ccc(-c2ccc(C(C)C)c3ccccc23)s1. The van der Waals surface area contributed by atoms with Gasteiger partial charge in [-0.15, -0.1) is 23.1 Å². The Morgan fingerprint density at radius 3 is 2.57 bits per heavy atom. The highest BCUT2D eigenvalue weighted by Gasteiger charge is 2.38. The molecule has 1 fully saturated rings. The highest BCUT2D eigenvalue weighted by molar-refractivity contribution is 8.01. The smallest absolute Gasteiger partial charge is 0.310 e. The van der Waals surface area contributed by atoms with Crippen LogP contribution in [0.15, 0.2) is 52.7 Å². The molecule has 3 aromatic rings. The third kappa shape index (κ3) is 3.72. The molecule has 0 spiro atoms. The van der Waals surface area contributed by atoms with Crippen molar-refractivity contribution in [3.05, 3.63) is 54.1 Å². The minimum absolute atomic E-state index is 0.0294. The van der Waals surface area contributed by atoms with Crippen LogP contribution in [0.1, 0.15) is 45.1 Å². The van der Waals surface area contributed by atoms with Crippen LogP contribution in [0.2, 0.25) is 0 Å². The second-order valence-corrected chi connectivity index (χ2v) is 10.2. The van der Waals surface area contributed by atoms with Gasteiger partial charge in [0, 0.05) is 10.1 Å². The number of carbonyl (C=O) groups is 1. The Morgan fingerprint density at radius 1 is 1.11 bits per heavy atom. The first-order valence-corrected chi connectivity index (χ1v) is 11.7. The zero-order chi connectivity index (χ0) is 19.7. The molecule has 0 saturated heterocycles. The Labute approximate surface area is 175 Å². The van der Waals surface area contributed by atoms with Crippen LogP contribution in [0.25, 0.3) is 21.2 Å². The molecule has 1 aliphatic carbocycles. The van der Waals surface area contributed by atoms with E-state index in [2.05, 4.69) is 62.4 Å². The van der Waals surface area contributed by atoms with Crippen LogP contribution in [0.5, 0.6) is 0 Å². The summed E-state index contributed by atoms with van der Waals surface area (Å²) in [6.45, 7) is 6.84. The maximum absolute atomic E-state index is 12.1. The number of rotatable bonds is 6. The second-order valence-electron chi connectivity index (χ2n) is 7.61. The fourth-order valence-electron chi connectivity index (χ4n) is 3.85. The molecule has 2 nitrogen and oxygen atoms in total. The summed E-state index contributed by atoms with van der Waals surface area (Å²) in [6.07, 6.45) is 2.05. The van der Waals surface area contributed by atoms with Crippen LogP contribution in [0.3, 0.4) is 0 Å². The fraction of sp³-hybridized carbons (Fsp3) is 0.375. The van der Waals surface area contributed by atoms with Gasteiger partial charge < -0.3 is 4.74 Å². The van der Waals surface area contributed by atoms with Crippen molar-refractivity contribution in [2.75, 3.05) is 6.61 Å². The first-order valence-electron chi connectivity index (χ1n) is 10.0. The number of hydrogen-bond donors (Lipinski definition) is 0. The molecular formula is C24H26O2S2. The van der Waals surface area contributed by atoms with E-state index in [1.54, 1.807) is 0 Å². The minimum Gasteiger partial charge on any atom is -0.466 e. The molecule has 2 atom stereocenters. The third-order valence-corrected chi connectivity index (χ3v) is 8.18. The van der Waals surface area contributed by atoms with Crippen LogP contribution in [0.4, 0.5) is 0 Å². The van der Waals surface area contributed by atoms with Gasteiger partial charge in [-0.25, -0.2) is 0 Å². The molecule has 1 heterocycles. The molecule has 4 heteroatoms. The molecular weight excluding hydrogens is 384 g/mol. The van der Waals surface area contributed by atoms with Crippen molar-refractivity contribution in [3.8, 4) is 10.4 Å². The van der Waals surface area contributed by atoms with E-state index < -0.39 is 0 Å². The van der Waals surface area contributed by atoms with Crippen molar-refractivity contribution in [2.45, 2.75) is 49.0 Å². The van der Waals surface area contributed by atoms with Crippen molar-refractivity contribution < 1.29 is 9.53 Å². The number of esters is 1. The summed E-state index contributed by atoms with van der Waals surface area (Å²) in [4.78, 5) is 13.3. The zero-order valence-electron chi connectivity index (χ0n) is 16.6. The summed E-state index contributed by atoms with van der Waals surface area (Å²) in [5.41, 5.74) is 2.70. The molecule has 1 aliphatic rings. The van der Waals surface area contributed by atoms with Crippen LogP contribution < -0.4 is 0 Å². The van der Waals surface area contributed by atoms with Crippen LogP contribution in [-0.4, -0.2) is 17.8 Å². The summed E-state index contributed by atoms with van der Waals surface area (Å²) < 4.78 is 6.50. The molecule has 2 aromatic carbocycles. The molecule has 0 radical (unpaired) electrons. The van der Waals surface area contributed by atoms with Gasteiger partial charge in [0.2, 0.25) is 0 Å². The van der Waals surface area contributed by atoms with Gasteiger partial charge in [-0.05, 0) is 59.7 Å². The van der Waals surface area contributed by atoms with Crippen LogP contribution in [0, 0.1) is 5.92 Å². The number of hydrogen-bond acceptors (Lipinski definition) is 4. The quantitative estimate of drug-likeness (QED) is 0.404. The summed E-state index contributed by atoms with van der Waals surface area (Å²) in [7, 11) is 0. The lowest BCUT2D eigenvalue weighted by atomic mass is 9.85. The van der Waals surface area contributed by atoms with Gasteiger partial charge in [-0.3, -0.25) is 4.79 Å². The number of fused-ring (bicyclic) bond motifs is 1. The first-order chi connectivity index (χ1) is 13.6. The van der Waals surface area contributed by atoms with Gasteiger partial charge in [0.25, 0.3) is 0 Å². The number of benzene rings is 2. The molecule has 0 amide bonds. The van der Waals surface area contributed by atoms with Gasteiger partial charge in [-0.1, -0.05) is 50.2 Å². The summed E-state index contributed by atoms with van der Waals surface area (Å²) in [5.74, 6) is 0.534. The molecule has 28 heavy (non-hydrogen) atoms. The van der Waals surface area contributed by atoms with Gasteiger partial charge in [0.05, 0.1) is 16.7 Å². The Balaban J connectivity index is 1.59. The summed E-state index contributed by atoms with van der Waals surface area (Å²) in [6, 6.07) is 17.7. The number of ether oxygens (including phenoxy) is 1. The van der Waals surface area contributed by atoms with E-state index in [9.17, 15) is 4.79 Å². The van der Waals surface area contributed by atoms with Gasteiger partial charge >= 0.3 is 5.97 Å². The largest absolute Gasteiger partial charge is 0.466 e. The lowest BCUT2D eigenvalue weighted by molar-refractivity contribution is -0.150. The molecule has 1 saturated carbocycles. The fourth-order valence-corrected chi connectivity index (χ4v) is 6.57. The van der Waals surface area contributed by atoms with Crippen LogP contribution >= 0.6 is 23.1 Å². The molecule has 2 unspecified atom stereocenters. The molecule has 0 bridgehead atoms. The van der Waals surface area contributed by atoms with E-state index >= 15 is 0 Å². The van der Waals surface area contributed by atoms with Gasteiger partial charge in [0.1, 0.15) is 0 Å². The highest BCUT2D eigenvalue weighted by atomic mass is 32.2. The van der Waals surface area contributed by atoms with Crippen molar-refractivity contribution in [1.29, 1.82) is 0 Å². The minimum atomic E-state index is -0.0294. The van der Waals surface area contributed by atoms with Crippen molar-refractivity contribution in [1.82, 2.24) is 0 Å². The van der Waals surface area contributed by atoms with E-state index in [1.165, 1.54) is 31.0 Å². The zero-order valence-corrected chi connectivity index (χ0v) is 18.2. The topological polar surface area (TPSA) is 26.3 Å². The third-order valence-electron chi connectivity index (χ3n) is 5.49. The van der Waals surface area contributed by atoms with Gasteiger partial charge in [-0.2, -0.15) is 0 Å².